The molecule has 1 aliphatic heterocycles. The van der Waals surface area contributed by atoms with Crippen molar-refractivity contribution in [2.45, 2.75) is 19.4 Å². The third kappa shape index (κ3) is 4.94. The van der Waals surface area contributed by atoms with E-state index in [1.54, 1.807) is 0 Å². The fourth-order valence-corrected chi connectivity index (χ4v) is 2.86. The summed E-state index contributed by atoms with van der Waals surface area (Å²) >= 11 is 6.04. The molecule has 0 radical (unpaired) electrons. The molecule has 114 valence electrons. The van der Waals surface area contributed by atoms with Crippen LogP contribution < -0.4 is 5.32 Å². The number of hydrogen-bond donors (Lipinski definition) is 1. The van der Waals surface area contributed by atoms with E-state index in [-0.39, 0.29) is 24.8 Å². The highest BCUT2D eigenvalue weighted by Gasteiger charge is 2.22. The van der Waals surface area contributed by atoms with E-state index in [1.165, 1.54) is 11.1 Å². The van der Waals surface area contributed by atoms with E-state index in [9.17, 15) is 0 Å². The van der Waals surface area contributed by atoms with Crippen LogP contribution >= 0.6 is 36.4 Å². The molecule has 5 heteroatoms. The molecular weight excluding hydrogens is 315 g/mol. The Bertz CT molecular complexity index is 418. The molecule has 1 N–H and O–H groups in total. The molecule has 0 aliphatic carbocycles. The largest absolute Gasteiger partial charge is 0.314 e. The van der Waals surface area contributed by atoms with Gasteiger partial charge in [0.25, 0.3) is 0 Å². The van der Waals surface area contributed by atoms with Crippen molar-refractivity contribution in [1.82, 2.24) is 10.2 Å². The first-order valence-electron chi connectivity index (χ1n) is 6.54. The van der Waals surface area contributed by atoms with Gasteiger partial charge in [-0.3, -0.25) is 4.90 Å². The second-order valence-corrected chi connectivity index (χ2v) is 5.26. The first-order valence-corrected chi connectivity index (χ1v) is 6.92. The third-order valence-electron chi connectivity index (χ3n) is 3.57. The normalized spacial score (nSPS) is 16.7. The SMILES string of the molecule is C=CC[C@@H](c1ccc(Cl)cc1C)N1CCNCC1.Cl.Cl. The second kappa shape index (κ2) is 9.64. The summed E-state index contributed by atoms with van der Waals surface area (Å²) in [6, 6.07) is 6.63. The van der Waals surface area contributed by atoms with Gasteiger partial charge in [0.15, 0.2) is 0 Å². The van der Waals surface area contributed by atoms with E-state index in [4.69, 9.17) is 11.6 Å². The quantitative estimate of drug-likeness (QED) is 0.835. The molecular formula is C15H23Cl3N2. The highest BCUT2D eigenvalue weighted by Crippen LogP contribution is 2.29. The Hall–Kier alpha value is -0.250. The molecule has 0 amide bonds. The van der Waals surface area contributed by atoms with Crippen molar-refractivity contribution in [1.29, 1.82) is 0 Å². The van der Waals surface area contributed by atoms with E-state index in [0.29, 0.717) is 6.04 Å². The molecule has 1 aromatic carbocycles. The Morgan fingerprint density at radius 3 is 2.55 bits per heavy atom. The lowest BCUT2D eigenvalue weighted by atomic mass is 9.97. The molecule has 1 aromatic rings. The van der Waals surface area contributed by atoms with Gasteiger partial charge in [-0.05, 0) is 36.6 Å². The van der Waals surface area contributed by atoms with E-state index in [1.807, 2.05) is 12.1 Å². The van der Waals surface area contributed by atoms with Gasteiger partial charge in [-0.15, -0.1) is 31.4 Å². The lowest BCUT2D eigenvalue weighted by Crippen LogP contribution is -2.45. The van der Waals surface area contributed by atoms with Crippen LogP contribution in [0.25, 0.3) is 0 Å². The van der Waals surface area contributed by atoms with Crippen molar-refractivity contribution in [2.75, 3.05) is 26.2 Å². The van der Waals surface area contributed by atoms with Gasteiger partial charge in [-0.1, -0.05) is 23.7 Å². The van der Waals surface area contributed by atoms with Crippen LogP contribution in [0.5, 0.6) is 0 Å². The molecule has 20 heavy (non-hydrogen) atoms. The number of piperazine rings is 1. The number of hydrogen-bond acceptors (Lipinski definition) is 2. The van der Waals surface area contributed by atoms with Gasteiger partial charge in [-0.2, -0.15) is 0 Å². The number of aryl methyl sites for hydroxylation is 1. The van der Waals surface area contributed by atoms with Crippen LogP contribution in [0.4, 0.5) is 0 Å². The molecule has 1 saturated heterocycles. The van der Waals surface area contributed by atoms with E-state index >= 15 is 0 Å². The Labute approximate surface area is 139 Å². The zero-order valence-corrected chi connectivity index (χ0v) is 14.2. The van der Waals surface area contributed by atoms with Gasteiger partial charge in [0.2, 0.25) is 0 Å². The lowest BCUT2D eigenvalue weighted by Gasteiger charge is -2.35. The molecule has 0 spiro atoms. The standard InChI is InChI=1S/C15H21ClN2.2ClH/c1-3-4-15(18-9-7-17-8-10-18)14-6-5-13(16)11-12(14)2;;/h3,5-6,11,15,17H,1,4,7-10H2,2H3;2*1H/t15-;;/m0../s1. The van der Waals surface area contributed by atoms with E-state index in [2.05, 4.69) is 35.9 Å². The number of nitrogens with zero attached hydrogens (tertiary/aromatic N) is 1. The van der Waals surface area contributed by atoms with Crippen LogP contribution in [-0.2, 0) is 0 Å². The van der Waals surface area contributed by atoms with Crippen LogP contribution in [0.1, 0.15) is 23.6 Å². The molecule has 0 saturated carbocycles. The predicted octanol–water partition coefficient (Wildman–Crippen LogP) is 4.01. The van der Waals surface area contributed by atoms with Gasteiger partial charge in [0.05, 0.1) is 0 Å². The van der Waals surface area contributed by atoms with Crippen LogP contribution in [0.15, 0.2) is 30.9 Å². The maximum absolute atomic E-state index is 6.04. The predicted molar refractivity (Wildman–Crippen MR) is 92.7 cm³/mol. The summed E-state index contributed by atoms with van der Waals surface area (Å²) in [6.45, 7) is 10.4. The van der Waals surface area contributed by atoms with Gasteiger partial charge in [0.1, 0.15) is 0 Å². The molecule has 2 rings (SSSR count). The molecule has 0 aromatic heterocycles. The fraction of sp³-hybridized carbons (Fsp3) is 0.467. The minimum atomic E-state index is 0. The Balaban J connectivity index is 0.00000180. The highest BCUT2D eigenvalue weighted by atomic mass is 35.5. The van der Waals surface area contributed by atoms with E-state index < -0.39 is 0 Å². The summed E-state index contributed by atoms with van der Waals surface area (Å²) in [4.78, 5) is 2.54. The topological polar surface area (TPSA) is 15.3 Å². The molecule has 1 atom stereocenters. The number of nitrogens with one attached hydrogen (secondary N) is 1. The van der Waals surface area contributed by atoms with E-state index in [0.717, 1.165) is 37.6 Å². The third-order valence-corrected chi connectivity index (χ3v) is 3.81. The Morgan fingerprint density at radius 1 is 1.35 bits per heavy atom. The van der Waals surface area contributed by atoms with Crippen molar-refractivity contribution in [3.8, 4) is 0 Å². The Morgan fingerprint density at radius 2 is 2.00 bits per heavy atom. The van der Waals surface area contributed by atoms with Crippen molar-refractivity contribution in [2.24, 2.45) is 0 Å². The zero-order chi connectivity index (χ0) is 13.0. The van der Waals surface area contributed by atoms with Gasteiger partial charge in [0, 0.05) is 37.2 Å². The van der Waals surface area contributed by atoms with Crippen molar-refractivity contribution >= 4 is 36.4 Å². The minimum absolute atomic E-state index is 0. The maximum atomic E-state index is 6.04. The maximum Gasteiger partial charge on any atom is 0.0408 e. The first kappa shape index (κ1) is 19.8. The van der Waals surface area contributed by atoms with Crippen LogP contribution in [0.2, 0.25) is 5.02 Å². The molecule has 1 heterocycles. The van der Waals surface area contributed by atoms with Crippen molar-refractivity contribution in [3.05, 3.63) is 47.0 Å². The summed E-state index contributed by atoms with van der Waals surface area (Å²) < 4.78 is 0. The van der Waals surface area contributed by atoms with Crippen LogP contribution in [0.3, 0.4) is 0 Å². The summed E-state index contributed by atoms with van der Waals surface area (Å²) in [5.74, 6) is 0. The summed E-state index contributed by atoms with van der Waals surface area (Å²) in [5, 5.41) is 4.21. The molecule has 2 nitrogen and oxygen atoms in total. The van der Waals surface area contributed by atoms with Gasteiger partial charge < -0.3 is 5.32 Å². The first-order chi connectivity index (χ1) is 8.72. The average molecular weight is 338 g/mol. The lowest BCUT2D eigenvalue weighted by molar-refractivity contribution is 0.174. The van der Waals surface area contributed by atoms with Gasteiger partial charge >= 0.3 is 0 Å². The minimum Gasteiger partial charge on any atom is -0.314 e. The average Bonchev–Trinajstić information content (AvgIpc) is 2.38. The zero-order valence-electron chi connectivity index (χ0n) is 11.8. The highest BCUT2D eigenvalue weighted by molar-refractivity contribution is 6.30. The number of halogens is 3. The number of rotatable bonds is 4. The van der Waals surface area contributed by atoms with Crippen LogP contribution in [0, 0.1) is 6.92 Å². The number of benzene rings is 1. The summed E-state index contributed by atoms with van der Waals surface area (Å²) in [5.41, 5.74) is 2.65. The Kier molecular flexibility index (Phi) is 9.52. The monoisotopic (exact) mass is 336 g/mol. The smallest absolute Gasteiger partial charge is 0.0408 e. The summed E-state index contributed by atoms with van der Waals surface area (Å²) in [7, 11) is 0. The molecule has 1 aliphatic rings. The molecule has 0 unspecified atom stereocenters. The van der Waals surface area contributed by atoms with Crippen molar-refractivity contribution < 1.29 is 0 Å². The van der Waals surface area contributed by atoms with Crippen molar-refractivity contribution in [3.63, 3.8) is 0 Å². The van der Waals surface area contributed by atoms with Crippen LogP contribution in [-0.4, -0.2) is 31.1 Å². The fourth-order valence-electron chi connectivity index (χ4n) is 2.64. The van der Waals surface area contributed by atoms with Gasteiger partial charge in [-0.25, -0.2) is 0 Å². The second-order valence-electron chi connectivity index (χ2n) is 4.83. The summed E-state index contributed by atoms with van der Waals surface area (Å²) in [6.07, 6.45) is 3.00. The molecule has 1 fully saturated rings. The molecule has 0 bridgehead atoms.